The van der Waals surface area contributed by atoms with Crippen LogP contribution < -0.4 is 5.56 Å². The topological polar surface area (TPSA) is 50.7 Å². The van der Waals surface area contributed by atoms with Gasteiger partial charge in [0, 0.05) is 12.7 Å². The first-order valence-corrected chi connectivity index (χ1v) is 4.84. The third kappa shape index (κ3) is 1.83. The van der Waals surface area contributed by atoms with Crippen LogP contribution >= 0.6 is 0 Å². The van der Waals surface area contributed by atoms with Gasteiger partial charge in [-0.1, -0.05) is 11.6 Å². The minimum absolute atomic E-state index is 0.00116. The third-order valence-electron chi connectivity index (χ3n) is 2.24. The van der Waals surface area contributed by atoms with Crippen molar-refractivity contribution in [2.75, 3.05) is 0 Å². The van der Waals surface area contributed by atoms with Crippen LogP contribution in [0.25, 0.3) is 11.0 Å². The van der Waals surface area contributed by atoms with Gasteiger partial charge in [0.1, 0.15) is 12.0 Å². The number of allylic oxidation sites excluding steroid dienone is 2. The van der Waals surface area contributed by atoms with Gasteiger partial charge in [-0.05, 0) is 19.9 Å². The van der Waals surface area contributed by atoms with Gasteiger partial charge in [0.15, 0.2) is 0 Å². The first-order valence-electron chi connectivity index (χ1n) is 4.84. The summed E-state index contributed by atoms with van der Waals surface area (Å²) >= 11 is 0. The molecule has 0 aliphatic heterocycles. The van der Waals surface area contributed by atoms with E-state index in [0.29, 0.717) is 17.6 Å². The number of rotatable bonds is 2. The average molecular weight is 203 g/mol. The monoisotopic (exact) mass is 203 g/mol. The van der Waals surface area contributed by atoms with Gasteiger partial charge < -0.3 is 4.98 Å². The maximum Gasteiger partial charge on any atom is 0.263 e. The van der Waals surface area contributed by atoms with Crippen molar-refractivity contribution in [1.29, 1.82) is 0 Å². The molecule has 0 saturated carbocycles. The number of H-pyrrole nitrogens is 1. The van der Waals surface area contributed by atoms with E-state index in [-0.39, 0.29) is 5.56 Å². The summed E-state index contributed by atoms with van der Waals surface area (Å²) in [6.07, 6.45) is 5.30. The van der Waals surface area contributed by atoms with Crippen molar-refractivity contribution in [2.45, 2.75) is 20.4 Å². The lowest BCUT2D eigenvalue weighted by molar-refractivity contribution is 0.762. The highest BCUT2D eigenvalue weighted by molar-refractivity contribution is 5.73. The summed E-state index contributed by atoms with van der Waals surface area (Å²) in [5.41, 5.74) is 1.84. The van der Waals surface area contributed by atoms with E-state index in [2.05, 4.69) is 9.97 Å². The molecule has 4 nitrogen and oxygen atoms in total. The molecule has 2 aromatic heterocycles. The van der Waals surface area contributed by atoms with Crippen LogP contribution in [0.3, 0.4) is 0 Å². The van der Waals surface area contributed by atoms with E-state index in [4.69, 9.17) is 0 Å². The van der Waals surface area contributed by atoms with E-state index in [1.807, 2.05) is 19.9 Å². The number of aromatic amines is 1. The summed E-state index contributed by atoms with van der Waals surface area (Å²) in [5, 5.41) is 0.639. The van der Waals surface area contributed by atoms with E-state index in [1.54, 1.807) is 23.2 Å². The number of aromatic nitrogens is 3. The van der Waals surface area contributed by atoms with Crippen molar-refractivity contribution in [3.8, 4) is 0 Å². The van der Waals surface area contributed by atoms with Crippen LogP contribution in [-0.2, 0) is 6.54 Å². The quantitative estimate of drug-likeness (QED) is 0.755. The summed E-state index contributed by atoms with van der Waals surface area (Å²) in [6.45, 7) is 4.59. The van der Waals surface area contributed by atoms with Crippen molar-refractivity contribution in [3.63, 3.8) is 0 Å². The average Bonchev–Trinajstić information content (AvgIpc) is 2.65. The molecule has 1 N–H and O–H groups in total. The fourth-order valence-corrected chi connectivity index (χ4v) is 1.39. The van der Waals surface area contributed by atoms with Crippen molar-refractivity contribution < 1.29 is 0 Å². The third-order valence-corrected chi connectivity index (χ3v) is 2.24. The number of hydrogen-bond acceptors (Lipinski definition) is 2. The predicted molar refractivity (Wildman–Crippen MR) is 59.8 cm³/mol. The molecule has 2 rings (SSSR count). The van der Waals surface area contributed by atoms with Crippen molar-refractivity contribution in [2.24, 2.45) is 0 Å². The largest absolute Gasteiger partial charge is 0.346 e. The van der Waals surface area contributed by atoms with Crippen LogP contribution in [0.2, 0.25) is 0 Å². The summed E-state index contributed by atoms with van der Waals surface area (Å²) in [6, 6.07) is 1.75. The highest BCUT2D eigenvalue weighted by Gasteiger charge is 2.02. The molecule has 2 heterocycles. The zero-order valence-electron chi connectivity index (χ0n) is 8.82. The molecule has 0 aliphatic carbocycles. The molecule has 15 heavy (non-hydrogen) atoms. The standard InChI is InChI=1S/C11H13N3O/c1-8(2)4-6-14-7-13-10-9(11(14)15)3-5-12-10/h3-5,7,12H,6H2,1-2H3. The van der Waals surface area contributed by atoms with E-state index in [9.17, 15) is 4.79 Å². The maximum absolute atomic E-state index is 11.9. The summed E-state index contributed by atoms with van der Waals surface area (Å²) in [7, 11) is 0. The molecule has 0 aliphatic rings. The Hall–Kier alpha value is -1.84. The Morgan fingerprint density at radius 3 is 3.13 bits per heavy atom. The molecule has 0 aromatic carbocycles. The van der Waals surface area contributed by atoms with Crippen LogP contribution in [-0.4, -0.2) is 14.5 Å². The van der Waals surface area contributed by atoms with Crippen molar-refractivity contribution in [1.82, 2.24) is 14.5 Å². The summed E-state index contributed by atoms with van der Waals surface area (Å²) in [5.74, 6) is 0. The normalized spacial score (nSPS) is 10.5. The maximum atomic E-state index is 11.9. The minimum Gasteiger partial charge on any atom is -0.346 e. The summed E-state index contributed by atoms with van der Waals surface area (Å²) in [4.78, 5) is 18.9. The zero-order valence-corrected chi connectivity index (χ0v) is 8.82. The Kier molecular flexibility index (Phi) is 2.41. The SMILES string of the molecule is CC(C)=CCn1cnc2[nH]ccc2c1=O. The van der Waals surface area contributed by atoms with Gasteiger partial charge in [0.25, 0.3) is 5.56 Å². The Labute approximate surface area is 87.3 Å². The molecular weight excluding hydrogens is 190 g/mol. The van der Waals surface area contributed by atoms with E-state index in [0.717, 1.165) is 0 Å². The Morgan fingerprint density at radius 1 is 1.60 bits per heavy atom. The fourth-order valence-electron chi connectivity index (χ4n) is 1.39. The van der Waals surface area contributed by atoms with Gasteiger partial charge >= 0.3 is 0 Å². The first-order chi connectivity index (χ1) is 7.18. The molecule has 0 unspecified atom stereocenters. The second kappa shape index (κ2) is 3.73. The Morgan fingerprint density at radius 2 is 2.40 bits per heavy atom. The van der Waals surface area contributed by atoms with E-state index >= 15 is 0 Å². The van der Waals surface area contributed by atoms with Gasteiger partial charge in [-0.3, -0.25) is 9.36 Å². The molecule has 0 fully saturated rings. The fraction of sp³-hybridized carbons (Fsp3) is 0.273. The highest BCUT2D eigenvalue weighted by atomic mass is 16.1. The van der Waals surface area contributed by atoms with Gasteiger partial charge in [0.2, 0.25) is 0 Å². The van der Waals surface area contributed by atoms with Crippen LogP contribution in [0, 0.1) is 0 Å². The highest BCUT2D eigenvalue weighted by Crippen LogP contribution is 2.02. The van der Waals surface area contributed by atoms with Crippen LogP contribution in [0.1, 0.15) is 13.8 Å². The van der Waals surface area contributed by atoms with Gasteiger partial charge in [-0.25, -0.2) is 4.98 Å². The molecule has 0 atom stereocenters. The molecule has 4 heteroatoms. The van der Waals surface area contributed by atoms with Gasteiger partial charge in [0.05, 0.1) is 5.39 Å². The number of fused-ring (bicyclic) bond motifs is 1. The second-order valence-electron chi connectivity index (χ2n) is 3.72. The first kappa shape index (κ1) is 9.71. The molecule has 0 spiro atoms. The Balaban J connectivity index is 2.49. The molecule has 2 aromatic rings. The van der Waals surface area contributed by atoms with Crippen LogP contribution in [0.4, 0.5) is 0 Å². The molecule has 0 bridgehead atoms. The molecular formula is C11H13N3O. The van der Waals surface area contributed by atoms with Gasteiger partial charge in [-0.15, -0.1) is 0 Å². The van der Waals surface area contributed by atoms with Crippen LogP contribution in [0.15, 0.2) is 35.0 Å². The predicted octanol–water partition coefficient (Wildman–Crippen LogP) is 1.69. The van der Waals surface area contributed by atoms with Crippen molar-refractivity contribution in [3.05, 3.63) is 40.6 Å². The van der Waals surface area contributed by atoms with E-state index < -0.39 is 0 Å². The lowest BCUT2D eigenvalue weighted by atomic mass is 10.3. The lowest BCUT2D eigenvalue weighted by Crippen LogP contribution is -2.19. The van der Waals surface area contributed by atoms with Crippen molar-refractivity contribution >= 4 is 11.0 Å². The van der Waals surface area contributed by atoms with Gasteiger partial charge in [-0.2, -0.15) is 0 Å². The molecule has 0 saturated heterocycles. The molecule has 0 radical (unpaired) electrons. The molecule has 78 valence electrons. The number of hydrogen-bond donors (Lipinski definition) is 1. The summed E-state index contributed by atoms with van der Waals surface area (Å²) < 4.78 is 1.60. The zero-order chi connectivity index (χ0) is 10.8. The van der Waals surface area contributed by atoms with E-state index in [1.165, 1.54) is 5.57 Å². The minimum atomic E-state index is -0.00116. The molecule has 0 amide bonds. The second-order valence-corrected chi connectivity index (χ2v) is 3.72. The Bertz CT molecular complexity index is 558. The lowest BCUT2D eigenvalue weighted by Gasteiger charge is -2.01. The smallest absolute Gasteiger partial charge is 0.263 e. The number of nitrogens with zero attached hydrogens (tertiary/aromatic N) is 2. The van der Waals surface area contributed by atoms with Crippen LogP contribution in [0.5, 0.6) is 0 Å². The number of nitrogens with one attached hydrogen (secondary N) is 1.